The van der Waals surface area contributed by atoms with Crippen molar-refractivity contribution in [1.82, 2.24) is 5.43 Å². The molecule has 0 aromatic heterocycles. The number of hydrogen-bond acceptors (Lipinski definition) is 4. The molecular formula is C28H29BrN2O3. The van der Waals surface area contributed by atoms with E-state index >= 15 is 0 Å². The van der Waals surface area contributed by atoms with Gasteiger partial charge in [0.15, 0.2) is 11.5 Å². The Balaban J connectivity index is 1.26. The molecule has 0 spiro atoms. The number of ether oxygens (including phenoxy) is 2. The summed E-state index contributed by atoms with van der Waals surface area (Å²) in [5.41, 5.74) is 4.84. The molecule has 0 heterocycles. The Morgan fingerprint density at radius 1 is 1.21 bits per heavy atom. The third-order valence-corrected chi connectivity index (χ3v) is 8.09. The standard InChI is InChI=1S/C28H29BrN2O3/c1-28-13-6-5-12-22(28)25(28)27(32)31-30-16-18-14-23(29)26(24(15-18)33-2)34-17-20-10-7-9-19-8-3-4-11-21(19)20/h3-4,7-11,14-16,22,25H,5-6,12-13,17H2,1-2H3,(H,31,32)/b30-16+. The number of nitrogens with one attached hydrogen (secondary N) is 1. The summed E-state index contributed by atoms with van der Waals surface area (Å²) < 4.78 is 12.5. The Morgan fingerprint density at radius 3 is 2.82 bits per heavy atom. The van der Waals surface area contributed by atoms with Crippen LogP contribution < -0.4 is 14.9 Å². The van der Waals surface area contributed by atoms with Crippen LogP contribution in [-0.2, 0) is 11.4 Å². The van der Waals surface area contributed by atoms with E-state index < -0.39 is 0 Å². The molecule has 0 bridgehead atoms. The maximum atomic E-state index is 12.6. The Hall–Kier alpha value is -2.86. The van der Waals surface area contributed by atoms with Gasteiger partial charge in [-0.2, -0.15) is 5.10 Å². The van der Waals surface area contributed by atoms with E-state index in [-0.39, 0.29) is 17.2 Å². The molecule has 34 heavy (non-hydrogen) atoms. The van der Waals surface area contributed by atoms with Gasteiger partial charge in [0.1, 0.15) is 6.61 Å². The zero-order valence-corrected chi connectivity index (χ0v) is 21.1. The molecule has 3 atom stereocenters. The lowest BCUT2D eigenvalue weighted by molar-refractivity contribution is -0.123. The minimum atomic E-state index is 0.0340. The fraction of sp³-hybridized carbons (Fsp3) is 0.357. The van der Waals surface area contributed by atoms with Crippen molar-refractivity contribution in [2.75, 3.05) is 7.11 Å². The van der Waals surface area contributed by atoms with Gasteiger partial charge in [-0.15, -0.1) is 0 Å². The Morgan fingerprint density at radius 2 is 2.03 bits per heavy atom. The summed E-state index contributed by atoms with van der Waals surface area (Å²) in [4.78, 5) is 12.6. The molecule has 3 aromatic carbocycles. The molecule has 3 aromatic rings. The van der Waals surface area contributed by atoms with Gasteiger partial charge in [-0.25, -0.2) is 5.43 Å². The van der Waals surface area contributed by atoms with Crippen LogP contribution in [0.25, 0.3) is 10.8 Å². The monoisotopic (exact) mass is 520 g/mol. The maximum Gasteiger partial charge on any atom is 0.244 e. The zero-order chi connectivity index (χ0) is 23.7. The molecule has 6 heteroatoms. The predicted molar refractivity (Wildman–Crippen MR) is 138 cm³/mol. The van der Waals surface area contributed by atoms with Crippen molar-refractivity contribution in [3.63, 3.8) is 0 Å². The molecule has 3 unspecified atom stereocenters. The fourth-order valence-electron chi connectivity index (χ4n) is 5.61. The number of rotatable bonds is 7. The third-order valence-electron chi connectivity index (χ3n) is 7.51. The number of carbonyl (C=O) groups excluding carboxylic acids is 1. The first kappa shape index (κ1) is 22.9. The van der Waals surface area contributed by atoms with Crippen molar-refractivity contribution in [2.45, 2.75) is 39.2 Å². The van der Waals surface area contributed by atoms with Gasteiger partial charge < -0.3 is 9.47 Å². The number of carbonyl (C=O) groups is 1. The van der Waals surface area contributed by atoms with E-state index in [1.165, 1.54) is 23.6 Å². The van der Waals surface area contributed by atoms with Crippen molar-refractivity contribution >= 4 is 38.8 Å². The van der Waals surface area contributed by atoms with Crippen LogP contribution in [0.1, 0.15) is 43.7 Å². The quantitative estimate of drug-likeness (QED) is 0.287. The highest BCUT2D eigenvalue weighted by molar-refractivity contribution is 9.10. The normalized spacial score (nSPS) is 23.5. The predicted octanol–water partition coefficient (Wildman–Crippen LogP) is 6.47. The highest BCUT2D eigenvalue weighted by atomic mass is 79.9. The van der Waals surface area contributed by atoms with Crippen LogP contribution in [-0.4, -0.2) is 19.2 Å². The first-order valence-electron chi connectivity index (χ1n) is 11.8. The lowest BCUT2D eigenvalue weighted by Gasteiger charge is -2.15. The van der Waals surface area contributed by atoms with Crippen LogP contribution in [0.4, 0.5) is 0 Å². The highest BCUT2D eigenvalue weighted by Gasteiger charge is 2.64. The summed E-state index contributed by atoms with van der Waals surface area (Å²) in [5.74, 6) is 1.88. The summed E-state index contributed by atoms with van der Waals surface area (Å²) in [6, 6.07) is 18.2. The van der Waals surface area contributed by atoms with Crippen LogP contribution in [0.5, 0.6) is 11.5 Å². The van der Waals surface area contributed by atoms with Gasteiger partial charge in [0.05, 0.1) is 17.8 Å². The van der Waals surface area contributed by atoms with Gasteiger partial charge in [-0.05, 0) is 74.1 Å². The number of fused-ring (bicyclic) bond motifs is 2. The molecule has 2 fully saturated rings. The second kappa shape index (κ2) is 9.41. The number of amides is 1. The van der Waals surface area contributed by atoms with Crippen molar-refractivity contribution in [2.24, 2.45) is 22.4 Å². The molecule has 0 saturated heterocycles. The smallest absolute Gasteiger partial charge is 0.244 e. The van der Waals surface area contributed by atoms with Gasteiger partial charge in [-0.3, -0.25) is 4.79 Å². The van der Waals surface area contributed by atoms with E-state index in [0.717, 1.165) is 28.4 Å². The summed E-state index contributed by atoms with van der Waals surface area (Å²) in [5, 5.41) is 6.58. The maximum absolute atomic E-state index is 12.6. The molecule has 0 radical (unpaired) electrons. The fourth-order valence-corrected chi connectivity index (χ4v) is 6.19. The second-order valence-electron chi connectivity index (χ2n) is 9.53. The summed E-state index contributed by atoms with van der Waals surface area (Å²) in [6.45, 7) is 2.66. The van der Waals surface area contributed by atoms with Crippen LogP contribution in [0.2, 0.25) is 0 Å². The Bertz CT molecular complexity index is 1250. The molecular weight excluding hydrogens is 492 g/mol. The molecule has 2 saturated carbocycles. The molecule has 5 nitrogen and oxygen atoms in total. The third kappa shape index (κ3) is 4.31. The number of nitrogens with zero attached hydrogens (tertiary/aromatic N) is 1. The topological polar surface area (TPSA) is 59.9 Å². The van der Waals surface area contributed by atoms with Gasteiger partial charge in [0, 0.05) is 5.92 Å². The van der Waals surface area contributed by atoms with Gasteiger partial charge in [-0.1, -0.05) is 62.2 Å². The van der Waals surface area contributed by atoms with E-state index in [1.807, 2.05) is 30.3 Å². The first-order chi connectivity index (χ1) is 16.5. The molecule has 1 amide bonds. The van der Waals surface area contributed by atoms with Crippen molar-refractivity contribution < 1.29 is 14.3 Å². The molecule has 5 rings (SSSR count). The summed E-state index contributed by atoms with van der Waals surface area (Å²) in [6.07, 6.45) is 6.40. The van der Waals surface area contributed by atoms with E-state index in [0.29, 0.717) is 24.0 Å². The number of halogens is 1. The van der Waals surface area contributed by atoms with Crippen LogP contribution in [0.3, 0.4) is 0 Å². The Labute approximate surface area is 208 Å². The lowest BCUT2D eigenvalue weighted by atomic mass is 9.90. The summed E-state index contributed by atoms with van der Waals surface area (Å²) in [7, 11) is 1.62. The number of methoxy groups -OCH3 is 1. The Kier molecular flexibility index (Phi) is 6.34. The van der Waals surface area contributed by atoms with Crippen LogP contribution >= 0.6 is 15.9 Å². The molecule has 2 aliphatic carbocycles. The van der Waals surface area contributed by atoms with Gasteiger partial charge in [0.2, 0.25) is 5.91 Å². The molecule has 0 aliphatic heterocycles. The zero-order valence-electron chi connectivity index (χ0n) is 19.5. The lowest BCUT2D eigenvalue weighted by Crippen LogP contribution is -2.22. The minimum absolute atomic E-state index is 0.0340. The second-order valence-corrected chi connectivity index (χ2v) is 10.4. The van der Waals surface area contributed by atoms with E-state index in [1.54, 1.807) is 13.3 Å². The summed E-state index contributed by atoms with van der Waals surface area (Å²) >= 11 is 3.61. The number of benzene rings is 3. The number of hydrogen-bond donors (Lipinski definition) is 1. The average Bonchev–Trinajstić information content (AvgIpc) is 3.48. The van der Waals surface area contributed by atoms with Gasteiger partial charge >= 0.3 is 0 Å². The van der Waals surface area contributed by atoms with Crippen molar-refractivity contribution in [3.05, 3.63) is 70.2 Å². The van der Waals surface area contributed by atoms with E-state index in [9.17, 15) is 4.79 Å². The molecule has 176 valence electrons. The molecule has 2 aliphatic rings. The van der Waals surface area contributed by atoms with Crippen molar-refractivity contribution in [1.29, 1.82) is 0 Å². The van der Waals surface area contributed by atoms with E-state index in [4.69, 9.17) is 9.47 Å². The number of hydrazone groups is 1. The van der Waals surface area contributed by atoms with Crippen LogP contribution in [0.15, 0.2) is 64.2 Å². The highest BCUT2D eigenvalue weighted by Crippen LogP contribution is 2.66. The molecule has 1 N–H and O–H groups in total. The first-order valence-corrected chi connectivity index (χ1v) is 12.6. The van der Waals surface area contributed by atoms with E-state index in [2.05, 4.69) is 57.6 Å². The minimum Gasteiger partial charge on any atom is -0.493 e. The largest absolute Gasteiger partial charge is 0.493 e. The van der Waals surface area contributed by atoms with Crippen molar-refractivity contribution in [3.8, 4) is 11.5 Å². The van der Waals surface area contributed by atoms with Gasteiger partial charge in [0.25, 0.3) is 0 Å². The SMILES string of the molecule is COc1cc(/C=N/NC(=O)C2C3CCCCC32C)cc(Br)c1OCc1cccc2ccccc12. The van der Waals surface area contributed by atoms with Crippen LogP contribution in [0, 0.1) is 17.3 Å². The average molecular weight is 521 g/mol.